The molecule has 0 spiro atoms. The molecule has 1 saturated heterocycles. The van der Waals surface area contributed by atoms with Gasteiger partial charge in [0, 0.05) is 13.7 Å². The SMILES string of the molecule is CC1OCCC1N(C)C(=O)c1ccc(Cl)o1. The van der Waals surface area contributed by atoms with E-state index in [1.54, 1.807) is 24.1 Å². The summed E-state index contributed by atoms with van der Waals surface area (Å²) in [6, 6.07) is 3.26. The van der Waals surface area contributed by atoms with Crippen LogP contribution in [0.1, 0.15) is 23.9 Å². The number of carbonyl (C=O) groups is 1. The fraction of sp³-hybridized carbons (Fsp3) is 0.545. The van der Waals surface area contributed by atoms with Crippen LogP contribution in [-0.4, -0.2) is 36.6 Å². The van der Waals surface area contributed by atoms with Gasteiger partial charge in [-0.25, -0.2) is 0 Å². The summed E-state index contributed by atoms with van der Waals surface area (Å²) in [6.45, 7) is 2.67. The van der Waals surface area contributed by atoms with Crippen molar-refractivity contribution in [3.05, 3.63) is 23.1 Å². The molecule has 1 amide bonds. The molecule has 1 aliphatic heterocycles. The maximum absolute atomic E-state index is 12.0. The number of ether oxygens (including phenoxy) is 1. The van der Waals surface area contributed by atoms with Crippen LogP contribution in [0.5, 0.6) is 0 Å². The van der Waals surface area contributed by atoms with Gasteiger partial charge in [0.25, 0.3) is 5.91 Å². The molecule has 1 aliphatic rings. The van der Waals surface area contributed by atoms with Gasteiger partial charge in [0.1, 0.15) is 0 Å². The van der Waals surface area contributed by atoms with Crippen molar-refractivity contribution in [3.63, 3.8) is 0 Å². The lowest BCUT2D eigenvalue weighted by molar-refractivity contribution is 0.0549. The summed E-state index contributed by atoms with van der Waals surface area (Å²) in [7, 11) is 1.76. The molecule has 1 fully saturated rings. The molecular formula is C11H14ClNO3. The molecule has 0 aliphatic carbocycles. The fourth-order valence-corrected chi connectivity index (χ4v) is 2.13. The molecular weight excluding hydrogens is 230 g/mol. The first kappa shape index (κ1) is 11.5. The summed E-state index contributed by atoms with van der Waals surface area (Å²) in [5.41, 5.74) is 0. The molecule has 0 saturated carbocycles. The minimum atomic E-state index is -0.158. The van der Waals surface area contributed by atoms with Gasteiger partial charge in [-0.15, -0.1) is 0 Å². The quantitative estimate of drug-likeness (QED) is 0.800. The van der Waals surface area contributed by atoms with Gasteiger partial charge in [-0.1, -0.05) is 0 Å². The van der Waals surface area contributed by atoms with Crippen molar-refractivity contribution >= 4 is 17.5 Å². The maximum atomic E-state index is 12.0. The van der Waals surface area contributed by atoms with Gasteiger partial charge in [-0.3, -0.25) is 4.79 Å². The minimum Gasteiger partial charge on any atom is -0.440 e. The number of hydrogen-bond donors (Lipinski definition) is 0. The van der Waals surface area contributed by atoms with Gasteiger partial charge in [0.2, 0.25) is 0 Å². The van der Waals surface area contributed by atoms with Crippen molar-refractivity contribution in [3.8, 4) is 0 Å². The van der Waals surface area contributed by atoms with E-state index in [-0.39, 0.29) is 29.0 Å². The van der Waals surface area contributed by atoms with Gasteiger partial charge in [0.05, 0.1) is 12.1 Å². The van der Waals surface area contributed by atoms with Gasteiger partial charge >= 0.3 is 0 Å². The zero-order chi connectivity index (χ0) is 11.7. The van der Waals surface area contributed by atoms with Crippen molar-refractivity contribution in [1.29, 1.82) is 0 Å². The Labute approximate surface area is 99.1 Å². The Hall–Kier alpha value is -1.00. The second-order valence-corrected chi connectivity index (χ2v) is 4.32. The van der Waals surface area contributed by atoms with Crippen LogP contribution in [0.25, 0.3) is 0 Å². The van der Waals surface area contributed by atoms with Crippen molar-refractivity contribution in [2.75, 3.05) is 13.7 Å². The predicted molar refractivity (Wildman–Crippen MR) is 59.6 cm³/mol. The van der Waals surface area contributed by atoms with E-state index in [1.807, 2.05) is 6.92 Å². The Morgan fingerprint density at radius 3 is 2.81 bits per heavy atom. The number of likely N-dealkylation sites (N-methyl/N-ethyl adjacent to an activating group) is 1. The number of rotatable bonds is 2. The van der Waals surface area contributed by atoms with Crippen molar-refractivity contribution in [1.82, 2.24) is 4.90 Å². The summed E-state index contributed by atoms with van der Waals surface area (Å²) in [4.78, 5) is 13.7. The molecule has 88 valence electrons. The highest BCUT2D eigenvalue weighted by Gasteiger charge is 2.31. The molecule has 1 aromatic rings. The van der Waals surface area contributed by atoms with Crippen LogP contribution in [0.3, 0.4) is 0 Å². The Balaban J connectivity index is 2.10. The largest absolute Gasteiger partial charge is 0.440 e. The van der Waals surface area contributed by atoms with Gasteiger partial charge in [-0.05, 0) is 37.1 Å². The van der Waals surface area contributed by atoms with Crippen LogP contribution < -0.4 is 0 Å². The number of carbonyl (C=O) groups excluding carboxylic acids is 1. The highest BCUT2D eigenvalue weighted by atomic mass is 35.5. The highest BCUT2D eigenvalue weighted by molar-refractivity contribution is 6.29. The molecule has 2 heterocycles. The maximum Gasteiger partial charge on any atom is 0.289 e. The lowest BCUT2D eigenvalue weighted by atomic mass is 10.1. The van der Waals surface area contributed by atoms with Gasteiger partial charge in [0.15, 0.2) is 11.0 Å². The molecule has 4 nitrogen and oxygen atoms in total. The monoisotopic (exact) mass is 243 g/mol. The number of nitrogens with zero attached hydrogens (tertiary/aromatic N) is 1. The Morgan fingerprint density at radius 2 is 2.31 bits per heavy atom. The Kier molecular flexibility index (Phi) is 3.21. The fourth-order valence-electron chi connectivity index (χ4n) is 1.98. The van der Waals surface area contributed by atoms with Crippen LogP contribution in [0.4, 0.5) is 0 Å². The molecule has 5 heteroatoms. The van der Waals surface area contributed by atoms with Crippen molar-refractivity contribution in [2.45, 2.75) is 25.5 Å². The normalized spacial score (nSPS) is 24.7. The smallest absolute Gasteiger partial charge is 0.289 e. The highest BCUT2D eigenvalue weighted by Crippen LogP contribution is 2.21. The molecule has 2 unspecified atom stereocenters. The zero-order valence-corrected chi connectivity index (χ0v) is 10.0. The van der Waals surface area contributed by atoms with Crippen LogP contribution in [0.15, 0.2) is 16.5 Å². The summed E-state index contributed by atoms with van der Waals surface area (Å²) in [5, 5.41) is 0.229. The van der Waals surface area contributed by atoms with Crippen LogP contribution in [0.2, 0.25) is 5.22 Å². The summed E-state index contributed by atoms with van der Waals surface area (Å²) < 4.78 is 10.5. The van der Waals surface area contributed by atoms with Crippen LogP contribution in [0, 0.1) is 0 Å². The number of hydrogen-bond acceptors (Lipinski definition) is 3. The van der Waals surface area contributed by atoms with Crippen molar-refractivity contribution < 1.29 is 13.9 Å². The molecule has 16 heavy (non-hydrogen) atoms. The van der Waals surface area contributed by atoms with E-state index in [2.05, 4.69) is 0 Å². The van der Waals surface area contributed by atoms with Crippen molar-refractivity contribution in [2.24, 2.45) is 0 Å². The zero-order valence-electron chi connectivity index (χ0n) is 9.27. The predicted octanol–water partition coefficient (Wildman–Crippen LogP) is 2.18. The Bertz CT molecular complexity index is 390. The first-order valence-electron chi connectivity index (χ1n) is 5.23. The first-order valence-corrected chi connectivity index (χ1v) is 5.61. The lowest BCUT2D eigenvalue weighted by Gasteiger charge is -2.25. The van der Waals surface area contributed by atoms with E-state index in [0.29, 0.717) is 6.61 Å². The second-order valence-electron chi connectivity index (χ2n) is 3.95. The number of furan rings is 1. The van der Waals surface area contributed by atoms with Crippen LogP contribution in [-0.2, 0) is 4.74 Å². The molecule has 2 rings (SSSR count). The molecule has 0 N–H and O–H groups in total. The average Bonchev–Trinajstić information content (AvgIpc) is 2.85. The summed E-state index contributed by atoms with van der Waals surface area (Å²) >= 11 is 5.64. The lowest BCUT2D eigenvalue weighted by Crippen LogP contribution is -2.40. The van der Waals surface area contributed by atoms with E-state index in [1.165, 1.54) is 0 Å². The standard InChI is InChI=1S/C11H14ClNO3/c1-7-8(5-6-15-7)13(2)11(14)9-3-4-10(12)16-9/h3-4,7-8H,5-6H2,1-2H3. The second kappa shape index (κ2) is 4.47. The van der Waals surface area contributed by atoms with E-state index in [9.17, 15) is 4.79 Å². The summed E-state index contributed by atoms with van der Waals surface area (Å²) in [6.07, 6.45) is 0.928. The van der Waals surface area contributed by atoms with Gasteiger partial charge in [-0.2, -0.15) is 0 Å². The summed E-state index contributed by atoms with van der Waals surface area (Å²) in [5.74, 6) is 0.112. The molecule has 0 aromatic carbocycles. The minimum absolute atomic E-state index is 0.0689. The average molecular weight is 244 g/mol. The van der Waals surface area contributed by atoms with E-state index >= 15 is 0 Å². The number of amides is 1. The molecule has 1 aromatic heterocycles. The molecule has 0 radical (unpaired) electrons. The molecule has 0 bridgehead atoms. The first-order chi connectivity index (χ1) is 7.59. The van der Waals surface area contributed by atoms with E-state index in [4.69, 9.17) is 20.8 Å². The third-order valence-electron chi connectivity index (χ3n) is 2.94. The van der Waals surface area contributed by atoms with Gasteiger partial charge < -0.3 is 14.1 Å². The Morgan fingerprint density at radius 1 is 1.56 bits per heavy atom. The number of halogens is 1. The molecule has 2 atom stereocenters. The van der Waals surface area contributed by atoms with E-state index < -0.39 is 0 Å². The van der Waals surface area contributed by atoms with Crippen LogP contribution >= 0.6 is 11.6 Å². The third kappa shape index (κ3) is 2.08. The van der Waals surface area contributed by atoms with E-state index in [0.717, 1.165) is 6.42 Å². The third-order valence-corrected chi connectivity index (χ3v) is 3.14. The topological polar surface area (TPSA) is 42.7 Å².